The third kappa shape index (κ3) is 6.67. The summed E-state index contributed by atoms with van der Waals surface area (Å²) < 4.78 is 5.91. The molecule has 5 heteroatoms. The maximum atomic E-state index is 12.1. The first-order valence-electron chi connectivity index (χ1n) is 7.69. The van der Waals surface area contributed by atoms with E-state index in [0.29, 0.717) is 13.0 Å². The van der Waals surface area contributed by atoms with Crippen molar-refractivity contribution in [3.63, 3.8) is 0 Å². The lowest BCUT2D eigenvalue weighted by Crippen LogP contribution is -2.53. The predicted molar refractivity (Wildman–Crippen MR) is 93.6 cm³/mol. The molecule has 0 heterocycles. The summed E-state index contributed by atoms with van der Waals surface area (Å²) >= 11 is 0. The average Bonchev–Trinajstić information content (AvgIpc) is 2.43. The maximum Gasteiger partial charge on any atom is 0.239 e. The summed E-state index contributed by atoms with van der Waals surface area (Å²) in [4.78, 5) is 12.1. The van der Waals surface area contributed by atoms with Crippen molar-refractivity contribution in [2.45, 2.75) is 58.6 Å². The molecule has 0 saturated carbocycles. The standard InChI is InChI=1S/C17H28N2O2.ClH/c1-5-10-17(4,18)16(20)19-12-14(6-2)21-15-9-7-8-13(3)11-15;/h7-9,11,14H,5-6,10,12,18H2,1-4H3,(H,19,20);1H. The summed E-state index contributed by atoms with van der Waals surface area (Å²) in [6, 6.07) is 7.92. The minimum absolute atomic E-state index is 0. The molecule has 2 unspecified atom stereocenters. The van der Waals surface area contributed by atoms with Crippen LogP contribution in [0.25, 0.3) is 0 Å². The number of carbonyl (C=O) groups excluding carboxylic acids is 1. The fourth-order valence-corrected chi connectivity index (χ4v) is 2.19. The van der Waals surface area contributed by atoms with Crippen LogP contribution in [-0.2, 0) is 4.79 Å². The molecule has 2 atom stereocenters. The van der Waals surface area contributed by atoms with Gasteiger partial charge < -0.3 is 15.8 Å². The lowest BCUT2D eigenvalue weighted by Gasteiger charge is -2.25. The highest BCUT2D eigenvalue weighted by molar-refractivity contribution is 5.85. The van der Waals surface area contributed by atoms with E-state index >= 15 is 0 Å². The van der Waals surface area contributed by atoms with Gasteiger partial charge in [0.05, 0.1) is 12.1 Å². The molecule has 3 N–H and O–H groups in total. The van der Waals surface area contributed by atoms with Gasteiger partial charge in [0.1, 0.15) is 11.9 Å². The summed E-state index contributed by atoms with van der Waals surface area (Å²) in [5.41, 5.74) is 6.37. The van der Waals surface area contributed by atoms with Crippen molar-refractivity contribution < 1.29 is 9.53 Å². The van der Waals surface area contributed by atoms with Crippen LogP contribution in [0, 0.1) is 6.92 Å². The average molecular weight is 329 g/mol. The van der Waals surface area contributed by atoms with Crippen molar-refractivity contribution in [2.75, 3.05) is 6.54 Å². The van der Waals surface area contributed by atoms with Crippen LogP contribution in [-0.4, -0.2) is 24.1 Å². The van der Waals surface area contributed by atoms with Gasteiger partial charge in [0, 0.05) is 0 Å². The normalized spacial score (nSPS) is 14.4. The summed E-state index contributed by atoms with van der Waals surface area (Å²) in [6.07, 6.45) is 2.34. The molecule has 22 heavy (non-hydrogen) atoms. The van der Waals surface area contributed by atoms with Crippen molar-refractivity contribution in [2.24, 2.45) is 5.73 Å². The second-order valence-electron chi connectivity index (χ2n) is 5.84. The molecule has 126 valence electrons. The number of aryl methyl sites for hydroxylation is 1. The molecule has 0 radical (unpaired) electrons. The molecule has 0 aliphatic heterocycles. The van der Waals surface area contributed by atoms with Gasteiger partial charge in [-0.25, -0.2) is 0 Å². The van der Waals surface area contributed by atoms with Gasteiger partial charge in [-0.05, 0) is 44.4 Å². The second-order valence-corrected chi connectivity index (χ2v) is 5.84. The van der Waals surface area contributed by atoms with Gasteiger partial charge in [0.15, 0.2) is 0 Å². The number of hydrogen-bond donors (Lipinski definition) is 2. The van der Waals surface area contributed by atoms with E-state index < -0.39 is 5.54 Å². The third-order valence-corrected chi connectivity index (χ3v) is 3.53. The first-order chi connectivity index (χ1) is 9.89. The number of benzene rings is 1. The molecule has 1 aromatic rings. The lowest BCUT2D eigenvalue weighted by atomic mass is 9.96. The Morgan fingerprint density at radius 1 is 1.41 bits per heavy atom. The second kappa shape index (κ2) is 9.70. The highest BCUT2D eigenvalue weighted by atomic mass is 35.5. The molecule has 4 nitrogen and oxygen atoms in total. The number of halogens is 1. The van der Waals surface area contributed by atoms with Crippen molar-refractivity contribution in [1.29, 1.82) is 0 Å². The number of carbonyl (C=O) groups is 1. The number of hydrogen-bond acceptors (Lipinski definition) is 3. The summed E-state index contributed by atoms with van der Waals surface area (Å²) in [5.74, 6) is 0.718. The SMILES string of the molecule is CCCC(C)(N)C(=O)NCC(CC)Oc1cccc(C)c1.Cl. The monoisotopic (exact) mass is 328 g/mol. The number of rotatable bonds is 8. The van der Waals surface area contributed by atoms with Gasteiger partial charge in [0.25, 0.3) is 0 Å². The number of nitrogens with two attached hydrogens (primary N) is 1. The van der Waals surface area contributed by atoms with Gasteiger partial charge >= 0.3 is 0 Å². The summed E-state index contributed by atoms with van der Waals surface area (Å²) in [6.45, 7) is 8.34. The van der Waals surface area contributed by atoms with Gasteiger partial charge in [-0.15, -0.1) is 12.4 Å². The Labute approximate surface area is 140 Å². The van der Waals surface area contributed by atoms with Gasteiger partial charge in [-0.3, -0.25) is 4.79 Å². The largest absolute Gasteiger partial charge is 0.489 e. The van der Waals surface area contributed by atoms with Crippen LogP contribution < -0.4 is 15.8 Å². The Balaban J connectivity index is 0.00000441. The Morgan fingerprint density at radius 2 is 2.09 bits per heavy atom. The molecule has 0 aromatic heterocycles. The Bertz CT molecular complexity index is 464. The van der Waals surface area contributed by atoms with Gasteiger partial charge in [-0.1, -0.05) is 32.4 Å². The zero-order valence-corrected chi connectivity index (χ0v) is 14.8. The van der Waals surface area contributed by atoms with Gasteiger partial charge in [0.2, 0.25) is 5.91 Å². The molecule has 0 bridgehead atoms. The first-order valence-corrected chi connectivity index (χ1v) is 7.69. The van der Waals surface area contributed by atoms with E-state index in [9.17, 15) is 4.79 Å². The molecule has 1 rings (SSSR count). The first kappa shape index (κ1) is 20.7. The van der Waals surface area contributed by atoms with E-state index in [1.165, 1.54) is 0 Å². The number of ether oxygens (including phenoxy) is 1. The number of nitrogens with one attached hydrogen (secondary N) is 1. The minimum Gasteiger partial charge on any atom is -0.489 e. The van der Waals surface area contributed by atoms with E-state index in [-0.39, 0.29) is 24.4 Å². The quantitative estimate of drug-likeness (QED) is 0.770. The smallest absolute Gasteiger partial charge is 0.239 e. The molecule has 0 saturated heterocycles. The molecular weight excluding hydrogens is 300 g/mol. The molecule has 0 spiro atoms. The molecule has 1 aromatic carbocycles. The molecule has 0 fully saturated rings. The molecule has 1 amide bonds. The molecular formula is C17H29ClN2O2. The van der Waals surface area contributed by atoms with Crippen molar-refractivity contribution in [3.8, 4) is 5.75 Å². The van der Waals surface area contributed by atoms with Crippen LogP contribution in [0.15, 0.2) is 24.3 Å². The minimum atomic E-state index is -0.809. The number of amides is 1. The van der Waals surface area contributed by atoms with E-state index in [1.54, 1.807) is 6.92 Å². The van der Waals surface area contributed by atoms with Crippen LogP contribution in [0.4, 0.5) is 0 Å². The van der Waals surface area contributed by atoms with Crippen LogP contribution in [0.5, 0.6) is 5.75 Å². The fraction of sp³-hybridized carbons (Fsp3) is 0.588. The molecule has 0 aliphatic carbocycles. The summed E-state index contributed by atoms with van der Waals surface area (Å²) in [5, 5.41) is 2.90. The zero-order valence-electron chi connectivity index (χ0n) is 14.0. The third-order valence-electron chi connectivity index (χ3n) is 3.53. The lowest BCUT2D eigenvalue weighted by molar-refractivity contribution is -0.126. The Hall–Kier alpha value is -1.26. The van der Waals surface area contributed by atoms with Crippen LogP contribution >= 0.6 is 12.4 Å². The van der Waals surface area contributed by atoms with Crippen molar-refractivity contribution in [1.82, 2.24) is 5.32 Å². The summed E-state index contributed by atoms with van der Waals surface area (Å²) in [7, 11) is 0. The maximum absolute atomic E-state index is 12.1. The van der Waals surface area contributed by atoms with Crippen molar-refractivity contribution >= 4 is 18.3 Å². The van der Waals surface area contributed by atoms with E-state index in [1.807, 2.05) is 45.0 Å². The topological polar surface area (TPSA) is 64.4 Å². The van der Waals surface area contributed by atoms with Crippen LogP contribution in [0.1, 0.15) is 45.6 Å². The predicted octanol–water partition coefficient (Wildman–Crippen LogP) is 3.21. The van der Waals surface area contributed by atoms with Gasteiger partial charge in [-0.2, -0.15) is 0 Å². The van der Waals surface area contributed by atoms with Crippen molar-refractivity contribution in [3.05, 3.63) is 29.8 Å². The highest BCUT2D eigenvalue weighted by Gasteiger charge is 2.27. The van der Waals surface area contributed by atoms with E-state index in [2.05, 4.69) is 5.32 Å². The highest BCUT2D eigenvalue weighted by Crippen LogP contribution is 2.15. The van der Waals surface area contributed by atoms with E-state index in [0.717, 1.165) is 24.2 Å². The Morgan fingerprint density at radius 3 is 2.64 bits per heavy atom. The fourth-order valence-electron chi connectivity index (χ4n) is 2.19. The van der Waals surface area contributed by atoms with Crippen LogP contribution in [0.3, 0.4) is 0 Å². The molecule has 0 aliphatic rings. The Kier molecular flexibility index (Phi) is 9.14. The van der Waals surface area contributed by atoms with Crippen LogP contribution in [0.2, 0.25) is 0 Å². The zero-order chi connectivity index (χ0) is 15.9. The van der Waals surface area contributed by atoms with E-state index in [4.69, 9.17) is 10.5 Å².